The summed E-state index contributed by atoms with van der Waals surface area (Å²) < 4.78 is 0. The molecule has 96 valence electrons. The normalized spacial score (nSPS) is 12.5. The number of benzene rings is 1. The molecule has 1 heterocycles. The number of rotatable bonds is 7. The molecule has 3 nitrogen and oxygen atoms in total. The van der Waals surface area contributed by atoms with Gasteiger partial charge in [-0.2, -0.15) is 0 Å². The molecule has 2 aromatic rings. The maximum Gasteiger partial charge on any atom is 0.0922 e. The lowest BCUT2D eigenvalue weighted by molar-refractivity contribution is 0.478. The minimum Gasteiger partial charge on any atom is -0.347 e. The lowest BCUT2D eigenvalue weighted by Crippen LogP contribution is -2.21. The fraction of sp³-hybridized carbons (Fsp3) is 0.400. The third-order valence-corrected chi connectivity index (χ3v) is 3.14. The second-order valence-corrected chi connectivity index (χ2v) is 4.56. The molecule has 0 amide bonds. The Morgan fingerprint density at radius 2 is 2.11 bits per heavy atom. The highest BCUT2D eigenvalue weighted by Gasteiger charge is 2.10. The van der Waals surface area contributed by atoms with Gasteiger partial charge in [-0.1, -0.05) is 50.1 Å². The zero-order chi connectivity index (χ0) is 12.6. The number of imidazole rings is 1. The maximum absolute atomic E-state index is 4.04. The summed E-state index contributed by atoms with van der Waals surface area (Å²) in [5.74, 6) is 0. The first-order chi connectivity index (χ1) is 8.90. The number of aromatic nitrogens is 2. The standard InChI is InChI=1S/C15H21N3/c1-2-3-9-15(13-7-5-4-6-8-13)17-11-14-10-16-12-18-14/h4-8,10,12,15,17H,2-3,9,11H2,1H3,(H,16,18). The fourth-order valence-electron chi connectivity index (χ4n) is 2.09. The van der Waals surface area contributed by atoms with Gasteiger partial charge in [0.1, 0.15) is 0 Å². The van der Waals surface area contributed by atoms with E-state index in [-0.39, 0.29) is 0 Å². The highest BCUT2D eigenvalue weighted by atomic mass is 15.0. The van der Waals surface area contributed by atoms with Crippen molar-refractivity contribution in [1.29, 1.82) is 0 Å². The third kappa shape index (κ3) is 3.70. The van der Waals surface area contributed by atoms with Crippen LogP contribution < -0.4 is 5.32 Å². The van der Waals surface area contributed by atoms with Crippen LogP contribution in [-0.4, -0.2) is 9.97 Å². The van der Waals surface area contributed by atoms with Crippen molar-refractivity contribution >= 4 is 0 Å². The molecule has 0 saturated carbocycles. The van der Waals surface area contributed by atoms with E-state index in [1.807, 2.05) is 6.20 Å². The lowest BCUT2D eigenvalue weighted by atomic mass is 10.0. The van der Waals surface area contributed by atoms with Crippen LogP contribution in [0.4, 0.5) is 0 Å². The summed E-state index contributed by atoms with van der Waals surface area (Å²) in [6, 6.07) is 11.1. The first-order valence-corrected chi connectivity index (χ1v) is 6.65. The largest absolute Gasteiger partial charge is 0.347 e. The molecule has 1 unspecified atom stereocenters. The van der Waals surface area contributed by atoms with Crippen LogP contribution in [0, 0.1) is 0 Å². The van der Waals surface area contributed by atoms with Crippen molar-refractivity contribution in [2.24, 2.45) is 0 Å². The minimum atomic E-state index is 0.425. The van der Waals surface area contributed by atoms with Gasteiger partial charge in [0.2, 0.25) is 0 Å². The minimum absolute atomic E-state index is 0.425. The SMILES string of the molecule is CCCCC(NCc1cnc[nH]1)c1ccccc1. The molecule has 0 aliphatic rings. The van der Waals surface area contributed by atoms with Crippen LogP contribution in [0.15, 0.2) is 42.9 Å². The van der Waals surface area contributed by atoms with Crippen LogP contribution in [0.3, 0.4) is 0 Å². The molecule has 0 bridgehead atoms. The van der Waals surface area contributed by atoms with Gasteiger partial charge in [0.25, 0.3) is 0 Å². The number of H-pyrrole nitrogens is 1. The molecule has 0 radical (unpaired) electrons. The lowest BCUT2D eigenvalue weighted by Gasteiger charge is -2.18. The molecule has 0 aliphatic heterocycles. The van der Waals surface area contributed by atoms with Gasteiger partial charge in [-0.3, -0.25) is 0 Å². The van der Waals surface area contributed by atoms with Crippen molar-refractivity contribution in [3.8, 4) is 0 Å². The van der Waals surface area contributed by atoms with Gasteiger partial charge in [0.15, 0.2) is 0 Å². The van der Waals surface area contributed by atoms with Crippen molar-refractivity contribution in [2.45, 2.75) is 38.8 Å². The fourth-order valence-corrected chi connectivity index (χ4v) is 2.09. The van der Waals surface area contributed by atoms with E-state index in [4.69, 9.17) is 0 Å². The Hall–Kier alpha value is -1.61. The van der Waals surface area contributed by atoms with Crippen LogP contribution in [-0.2, 0) is 6.54 Å². The molecule has 0 aliphatic carbocycles. The molecule has 0 saturated heterocycles. The van der Waals surface area contributed by atoms with Gasteiger partial charge < -0.3 is 10.3 Å². The summed E-state index contributed by atoms with van der Waals surface area (Å²) in [5.41, 5.74) is 2.50. The van der Waals surface area contributed by atoms with E-state index in [9.17, 15) is 0 Å². The molecule has 0 fully saturated rings. The first kappa shape index (κ1) is 12.8. The topological polar surface area (TPSA) is 40.7 Å². The first-order valence-electron chi connectivity index (χ1n) is 6.65. The predicted octanol–water partition coefficient (Wildman–Crippen LogP) is 3.43. The Kier molecular flexibility index (Phi) is 4.97. The Bertz CT molecular complexity index is 422. The van der Waals surface area contributed by atoms with Crippen LogP contribution in [0.1, 0.15) is 43.5 Å². The summed E-state index contributed by atoms with van der Waals surface area (Å²) in [5, 5.41) is 3.60. The molecule has 1 aromatic heterocycles. The maximum atomic E-state index is 4.04. The Morgan fingerprint density at radius 3 is 2.78 bits per heavy atom. The number of aromatic amines is 1. The third-order valence-electron chi connectivity index (χ3n) is 3.14. The van der Waals surface area contributed by atoms with Crippen LogP contribution >= 0.6 is 0 Å². The van der Waals surface area contributed by atoms with E-state index in [1.165, 1.54) is 24.8 Å². The van der Waals surface area contributed by atoms with Crippen LogP contribution in [0.2, 0.25) is 0 Å². The molecule has 2 rings (SSSR count). The number of unbranched alkanes of at least 4 members (excludes halogenated alkanes) is 1. The number of nitrogens with zero attached hydrogens (tertiary/aromatic N) is 1. The van der Waals surface area contributed by atoms with Crippen molar-refractivity contribution in [1.82, 2.24) is 15.3 Å². The quantitative estimate of drug-likeness (QED) is 0.782. The molecule has 1 aromatic carbocycles. The van der Waals surface area contributed by atoms with E-state index >= 15 is 0 Å². The van der Waals surface area contributed by atoms with Crippen molar-refractivity contribution in [3.63, 3.8) is 0 Å². The summed E-state index contributed by atoms with van der Waals surface area (Å²) >= 11 is 0. The number of hydrogen-bond acceptors (Lipinski definition) is 2. The Labute approximate surface area is 109 Å². The van der Waals surface area contributed by atoms with E-state index < -0.39 is 0 Å². The highest BCUT2D eigenvalue weighted by molar-refractivity contribution is 5.19. The summed E-state index contributed by atoms with van der Waals surface area (Å²) in [4.78, 5) is 7.17. The van der Waals surface area contributed by atoms with Gasteiger partial charge in [0, 0.05) is 24.5 Å². The molecule has 18 heavy (non-hydrogen) atoms. The molecule has 1 atom stereocenters. The highest BCUT2D eigenvalue weighted by Crippen LogP contribution is 2.19. The Balaban J connectivity index is 1.96. The monoisotopic (exact) mass is 243 g/mol. The van der Waals surface area contributed by atoms with Gasteiger partial charge in [-0.15, -0.1) is 0 Å². The van der Waals surface area contributed by atoms with Crippen molar-refractivity contribution < 1.29 is 0 Å². The Morgan fingerprint density at radius 1 is 1.28 bits per heavy atom. The van der Waals surface area contributed by atoms with Crippen LogP contribution in [0.5, 0.6) is 0 Å². The number of hydrogen-bond donors (Lipinski definition) is 2. The summed E-state index contributed by atoms with van der Waals surface area (Å²) in [7, 11) is 0. The zero-order valence-electron chi connectivity index (χ0n) is 10.9. The average Bonchev–Trinajstić information content (AvgIpc) is 2.93. The van der Waals surface area contributed by atoms with E-state index in [0.717, 1.165) is 12.2 Å². The van der Waals surface area contributed by atoms with Crippen LogP contribution in [0.25, 0.3) is 0 Å². The number of nitrogens with one attached hydrogen (secondary N) is 2. The second kappa shape index (κ2) is 6.97. The molecular formula is C15H21N3. The zero-order valence-corrected chi connectivity index (χ0v) is 10.9. The smallest absolute Gasteiger partial charge is 0.0922 e. The molecule has 3 heteroatoms. The summed E-state index contributed by atoms with van der Waals surface area (Å²) in [6.45, 7) is 3.07. The predicted molar refractivity (Wildman–Crippen MR) is 74.1 cm³/mol. The van der Waals surface area contributed by atoms with Crippen molar-refractivity contribution in [2.75, 3.05) is 0 Å². The van der Waals surface area contributed by atoms with Gasteiger partial charge >= 0.3 is 0 Å². The second-order valence-electron chi connectivity index (χ2n) is 4.56. The molecular weight excluding hydrogens is 222 g/mol. The van der Waals surface area contributed by atoms with Gasteiger partial charge in [-0.05, 0) is 12.0 Å². The average molecular weight is 243 g/mol. The van der Waals surface area contributed by atoms with E-state index in [1.54, 1.807) is 6.33 Å². The van der Waals surface area contributed by atoms with Crippen molar-refractivity contribution in [3.05, 3.63) is 54.1 Å². The summed E-state index contributed by atoms with van der Waals surface area (Å²) in [6.07, 6.45) is 7.24. The van der Waals surface area contributed by atoms with Gasteiger partial charge in [-0.25, -0.2) is 4.98 Å². The molecule has 2 N–H and O–H groups in total. The molecule has 0 spiro atoms. The van der Waals surface area contributed by atoms with Gasteiger partial charge in [0.05, 0.1) is 6.33 Å². The van der Waals surface area contributed by atoms with E-state index in [2.05, 4.69) is 52.5 Å². The van der Waals surface area contributed by atoms with E-state index in [0.29, 0.717) is 6.04 Å².